The van der Waals surface area contributed by atoms with Gasteiger partial charge in [0.1, 0.15) is 12.4 Å². The lowest BCUT2D eigenvalue weighted by Crippen LogP contribution is -2.29. The Morgan fingerprint density at radius 2 is 1.55 bits per heavy atom. The number of carboxylic acids is 1. The molecule has 0 bridgehead atoms. The topological polar surface area (TPSA) is 125 Å². The maximum atomic E-state index is 12.2. The van der Waals surface area contributed by atoms with Gasteiger partial charge in [-0.05, 0) is 40.5 Å². The highest BCUT2D eigenvalue weighted by molar-refractivity contribution is 5.95. The van der Waals surface area contributed by atoms with Gasteiger partial charge in [-0.25, -0.2) is 9.59 Å². The molecule has 0 fully saturated rings. The van der Waals surface area contributed by atoms with Crippen LogP contribution in [0.1, 0.15) is 33.8 Å². The SMILES string of the molecule is O=C(CCNC(=O)OCC1c2ccccc2-c2ccccc21)Nc1cc(C(=O)O)ccc1O. The van der Waals surface area contributed by atoms with Gasteiger partial charge >= 0.3 is 12.1 Å². The molecule has 0 unspecified atom stereocenters. The minimum Gasteiger partial charge on any atom is -0.506 e. The zero-order chi connectivity index (χ0) is 23.4. The van der Waals surface area contributed by atoms with Gasteiger partial charge < -0.3 is 25.6 Å². The van der Waals surface area contributed by atoms with Crippen LogP contribution < -0.4 is 10.6 Å². The molecule has 8 nitrogen and oxygen atoms in total. The van der Waals surface area contributed by atoms with E-state index < -0.39 is 18.0 Å². The highest BCUT2D eigenvalue weighted by Crippen LogP contribution is 2.44. The molecule has 0 atom stereocenters. The number of aromatic hydroxyl groups is 1. The summed E-state index contributed by atoms with van der Waals surface area (Å²) >= 11 is 0. The summed E-state index contributed by atoms with van der Waals surface area (Å²) in [6.45, 7) is 0.184. The van der Waals surface area contributed by atoms with Gasteiger partial charge in [-0.15, -0.1) is 0 Å². The second kappa shape index (κ2) is 9.44. The van der Waals surface area contributed by atoms with Crippen molar-refractivity contribution in [3.63, 3.8) is 0 Å². The van der Waals surface area contributed by atoms with E-state index >= 15 is 0 Å². The molecule has 1 aliphatic rings. The predicted octanol–water partition coefficient (Wildman–Crippen LogP) is 3.96. The summed E-state index contributed by atoms with van der Waals surface area (Å²) in [6, 6.07) is 19.6. The van der Waals surface area contributed by atoms with Crippen molar-refractivity contribution in [3.05, 3.63) is 83.4 Å². The van der Waals surface area contributed by atoms with Gasteiger partial charge in [0.05, 0.1) is 11.3 Å². The van der Waals surface area contributed by atoms with Gasteiger partial charge in [0.25, 0.3) is 0 Å². The Kier molecular flexibility index (Phi) is 6.26. The Balaban J connectivity index is 1.27. The van der Waals surface area contributed by atoms with Crippen molar-refractivity contribution in [1.29, 1.82) is 0 Å². The minimum atomic E-state index is -1.18. The summed E-state index contributed by atoms with van der Waals surface area (Å²) in [5.41, 5.74) is 4.40. The van der Waals surface area contributed by atoms with Gasteiger partial charge in [0.15, 0.2) is 0 Å². The third kappa shape index (κ3) is 4.79. The van der Waals surface area contributed by atoms with Crippen molar-refractivity contribution >= 4 is 23.7 Å². The van der Waals surface area contributed by atoms with E-state index in [0.29, 0.717) is 0 Å². The molecule has 0 radical (unpaired) electrons. The molecule has 3 aromatic carbocycles. The zero-order valence-electron chi connectivity index (χ0n) is 17.6. The standard InChI is InChI=1S/C25H22N2O6/c28-22-10-9-15(24(30)31)13-21(22)27-23(29)11-12-26-25(32)33-14-20-18-7-3-1-5-16(18)17-6-2-4-8-19(17)20/h1-10,13,20,28H,11-12,14H2,(H,26,32)(H,27,29)(H,30,31). The van der Waals surface area contributed by atoms with Crippen LogP contribution in [-0.4, -0.2) is 41.3 Å². The number of fused-ring (bicyclic) bond motifs is 3. The van der Waals surface area contributed by atoms with E-state index in [2.05, 4.69) is 22.8 Å². The fourth-order valence-electron chi connectivity index (χ4n) is 3.91. The number of carboxylic acid groups (broad SMARTS) is 1. The average Bonchev–Trinajstić information content (AvgIpc) is 3.13. The van der Waals surface area contributed by atoms with Crippen molar-refractivity contribution < 1.29 is 29.3 Å². The van der Waals surface area contributed by atoms with Crippen LogP contribution in [0.2, 0.25) is 0 Å². The fourth-order valence-corrected chi connectivity index (χ4v) is 3.91. The summed E-state index contributed by atoms with van der Waals surface area (Å²) in [4.78, 5) is 35.3. The smallest absolute Gasteiger partial charge is 0.407 e. The van der Waals surface area contributed by atoms with Gasteiger partial charge in [-0.1, -0.05) is 48.5 Å². The zero-order valence-corrected chi connectivity index (χ0v) is 17.6. The molecule has 0 saturated carbocycles. The summed E-state index contributed by atoms with van der Waals surface area (Å²) in [5, 5.41) is 23.8. The van der Waals surface area contributed by atoms with Crippen LogP contribution in [0.15, 0.2) is 66.7 Å². The van der Waals surface area contributed by atoms with Crippen LogP contribution in [0, 0.1) is 0 Å². The molecule has 2 amide bonds. The number of nitrogens with one attached hydrogen (secondary N) is 2. The number of anilines is 1. The number of ether oxygens (including phenoxy) is 1. The number of phenolic OH excluding ortho intramolecular Hbond substituents is 1. The number of phenols is 1. The van der Waals surface area contributed by atoms with Gasteiger partial charge in [0, 0.05) is 18.9 Å². The lowest BCUT2D eigenvalue weighted by atomic mass is 9.98. The lowest BCUT2D eigenvalue weighted by Gasteiger charge is -2.14. The Labute approximate surface area is 189 Å². The van der Waals surface area contributed by atoms with Crippen LogP contribution in [-0.2, 0) is 9.53 Å². The molecular weight excluding hydrogens is 424 g/mol. The predicted molar refractivity (Wildman–Crippen MR) is 121 cm³/mol. The molecular formula is C25H22N2O6. The maximum absolute atomic E-state index is 12.2. The van der Waals surface area contributed by atoms with E-state index in [1.54, 1.807) is 0 Å². The summed E-state index contributed by atoms with van der Waals surface area (Å²) in [7, 11) is 0. The first-order valence-corrected chi connectivity index (χ1v) is 10.4. The molecule has 1 aliphatic carbocycles. The first-order chi connectivity index (χ1) is 15.9. The van der Waals surface area contributed by atoms with Crippen LogP contribution in [0.4, 0.5) is 10.5 Å². The molecule has 0 heterocycles. The first kappa shape index (κ1) is 21.9. The lowest BCUT2D eigenvalue weighted by molar-refractivity contribution is -0.116. The van der Waals surface area contributed by atoms with Crippen molar-refractivity contribution in [2.75, 3.05) is 18.5 Å². The van der Waals surface area contributed by atoms with E-state index in [1.165, 1.54) is 12.1 Å². The monoisotopic (exact) mass is 446 g/mol. The van der Waals surface area contributed by atoms with Gasteiger partial charge in [-0.2, -0.15) is 0 Å². The molecule has 168 valence electrons. The Hall–Kier alpha value is -4.33. The van der Waals surface area contributed by atoms with Crippen LogP contribution in [0.25, 0.3) is 11.1 Å². The Morgan fingerprint density at radius 1 is 0.909 bits per heavy atom. The van der Waals surface area contributed by atoms with Crippen molar-refractivity contribution in [1.82, 2.24) is 5.32 Å². The summed E-state index contributed by atoms with van der Waals surface area (Å²) < 4.78 is 5.41. The van der Waals surface area contributed by atoms with Crippen molar-refractivity contribution in [2.45, 2.75) is 12.3 Å². The average molecular weight is 446 g/mol. The number of carbonyl (C=O) groups excluding carboxylic acids is 2. The number of carbonyl (C=O) groups is 3. The van der Waals surface area contributed by atoms with Crippen LogP contribution in [0.3, 0.4) is 0 Å². The van der Waals surface area contributed by atoms with Crippen molar-refractivity contribution in [2.24, 2.45) is 0 Å². The number of rotatable bonds is 7. The second-order valence-electron chi connectivity index (χ2n) is 7.59. The van der Waals surface area contributed by atoms with Gasteiger partial charge in [0.2, 0.25) is 5.91 Å². The van der Waals surface area contributed by atoms with E-state index in [0.717, 1.165) is 28.3 Å². The van der Waals surface area contributed by atoms with E-state index in [-0.39, 0.29) is 42.5 Å². The van der Waals surface area contributed by atoms with E-state index in [4.69, 9.17) is 9.84 Å². The molecule has 4 N–H and O–H groups in total. The Bertz CT molecular complexity index is 1180. The van der Waals surface area contributed by atoms with Crippen molar-refractivity contribution in [3.8, 4) is 16.9 Å². The molecule has 0 aromatic heterocycles. The van der Waals surface area contributed by atoms with E-state index in [9.17, 15) is 19.5 Å². The Morgan fingerprint density at radius 3 is 2.18 bits per heavy atom. The van der Waals surface area contributed by atoms with Gasteiger partial charge in [-0.3, -0.25) is 4.79 Å². The van der Waals surface area contributed by atoms with Crippen LogP contribution >= 0.6 is 0 Å². The normalized spacial score (nSPS) is 11.9. The third-order valence-corrected chi connectivity index (χ3v) is 5.48. The quantitative estimate of drug-likeness (QED) is 0.407. The molecule has 33 heavy (non-hydrogen) atoms. The highest BCUT2D eigenvalue weighted by Gasteiger charge is 2.28. The first-order valence-electron chi connectivity index (χ1n) is 10.4. The molecule has 0 aliphatic heterocycles. The number of amides is 2. The number of benzene rings is 3. The number of hydrogen-bond donors (Lipinski definition) is 4. The van der Waals surface area contributed by atoms with E-state index in [1.807, 2.05) is 36.4 Å². The molecule has 0 saturated heterocycles. The summed E-state index contributed by atoms with van der Waals surface area (Å²) in [5.74, 6) is -1.98. The van der Waals surface area contributed by atoms with Crippen LogP contribution in [0.5, 0.6) is 5.75 Å². The highest BCUT2D eigenvalue weighted by atomic mass is 16.5. The fraction of sp³-hybridized carbons (Fsp3) is 0.160. The largest absolute Gasteiger partial charge is 0.506 e. The maximum Gasteiger partial charge on any atom is 0.407 e. The minimum absolute atomic E-state index is 0.0129. The second-order valence-corrected chi connectivity index (χ2v) is 7.59. The number of aromatic carboxylic acids is 1. The number of alkyl carbamates (subject to hydrolysis) is 1. The molecule has 0 spiro atoms. The third-order valence-electron chi connectivity index (χ3n) is 5.48. The number of hydrogen-bond acceptors (Lipinski definition) is 5. The molecule has 4 rings (SSSR count). The molecule has 3 aromatic rings. The molecule has 8 heteroatoms. The summed E-state index contributed by atoms with van der Waals surface area (Å²) in [6.07, 6.45) is -0.721.